The number of likely N-dealkylation sites (N-methyl/N-ethyl adjacent to an activating group) is 1. The Labute approximate surface area is 246 Å². The smallest absolute Gasteiger partial charge is 0.246 e. The highest BCUT2D eigenvalue weighted by molar-refractivity contribution is 8.01. The van der Waals surface area contributed by atoms with Crippen LogP contribution in [0.15, 0.2) is 121 Å². The van der Waals surface area contributed by atoms with Gasteiger partial charge >= 0.3 is 0 Å². The van der Waals surface area contributed by atoms with E-state index in [4.69, 9.17) is 0 Å². The first-order valence-electron chi connectivity index (χ1n) is 14.1. The summed E-state index contributed by atoms with van der Waals surface area (Å²) in [6, 6.07) is 39.9. The van der Waals surface area contributed by atoms with Gasteiger partial charge in [0.25, 0.3) is 0 Å². The molecular formula is C35H35N3O2S. The molecule has 6 heteroatoms. The molecule has 6 rings (SSSR count). The summed E-state index contributed by atoms with van der Waals surface area (Å²) in [5.74, 6) is -0.0622. The van der Waals surface area contributed by atoms with Crippen LogP contribution >= 0.6 is 11.8 Å². The number of hydrogen-bond acceptors (Lipinski definition) is 4. The monoisotopic (exact) mass is 561 g/mol. The molecule has 4 aromatic rings. The van der Waals surface area contributed by atoms with Gasteiger partial charge in [0.1, 0.15) is 17.5 Å². The maximum Gasteiger partial charge on any atom is 0.246 e. The highest BCUT2D eigenvalue weighted by Crippen LogP contribution is 2.52. The number of thioether (sulfide) groups is 1. The van der Waals surface area contributed by atoms with E-state index >= 15 is 0 Å². The van der Waals surface area contributed by atoms with Crippen molar-refractivity contribution in [1.29, 1.82) is 0 Å². The lowest BCUT2D eigenvalue weighted by atomic mass is 9.76. The summed E-state index contributed by atoms with van der Waals surface area (Å²) in [7, 11) is 1.83. The number of nitrogens with zero attached hydrogens (tertiary/aromatic N) is 2. The zero-order valence-corrected chi connectivity index (χ0v) is 24.4. The van der Waals surface area contributed by atoms with Gasteiger partial charge in [0, 0.05) is 18.3 Å². The summed E-state index contributed by atoms with van der Waals surface area (Å²) in [6.07, 6.45) is 0. The topological polar surface area (TPSA) is 52.7 Å². The van der Waals surface area contributed by atoms with E-state index < -0.39 is 22.4 Å². The lowest BCUT2D eigenvalue weighted by Crippen LogP contribution is -2.73. The number of fused-ring (bicyclic) bond motifs is 1. The first-order chi connectivity index (χ1) is 19.8. The minimum atomic E-state index is -0.757. The lowest BCUT2D eigenvalue weighted by Gasteiger charge is -2.49. The van der Waals surface area contributed by atoms with E-state index in [1.54, 1.807) is 16.7 Å². The Morgan fingerprint density at radius 1 is 0.805 bits per heavy atom. The van der Waals surface area contributed by atoms with Crippen LogP contribution in [0.3, 0.4) is 0 Å². The van der Waals surface area contributed by atoms with E-state index in [2.05, 4.69) is 55.6 Å². The molecule has 0 saturated carbocycles. The van der Waals surface area contributed by atoms with Crippen molar-refractivity contribution in [3.8, 4) is 0 Å². The van der Waals surface area contributed by atoms with Crippen LogP contribution in [0.25, 0.3) is 0 Å². The SMILES string of the molecule is CN(Cc1ccccc1)C(=O)C1N2C(=O)[C@@H](NC(c3ccccc3)(c3ccccc3)c3ccccc3)[C@@H]2SC1(C)C. The molecule has 2 heterocycles. The van der Waals surface area contributed by atoms with Gasteiger partial charge in [0.05, 0.1) is 5.54 Å². The minimum Gasteiger partial charge on any atom is -0.340 e. The third kappa shape index (κ3) is 4.75. The van der Waals surface area contributed by atoms with Crippen molar-refractivity contribution < 1.29 is 9.59 Å². The molecule has 2 fully saturated rings. The maximum absolute atomic E-state index is 14.1. The highest BCUT2D eigenvalue weighted by atomic mass is 32.2. The number of hydrogen-bond donors (Lipinski definition) is 1. The van der Waals surface area contributed by atoms with Gasteiger partial charge in [0.15, 0.2) is 0 Å². The van der Waals surface area contributed by atoms with Gasteiger partial charge in [-0.1, -0.05) is 121 Å². The van der Waals surface area contributed by atoms with E-state index in [1.165, 1.54) is 0 Å². The first kappa shape index (κ1) is 27.3. The molecular weight excluding hydrogens is 526 g/mol. The zero-order valence-electron chi connectivity index (χ0n) is 23.6. The van der Waals surface area contributed by atoms with Crippen molar-refractivity contribution in [3.05, 3.63) is 144 Å². The Bertz CT molecular complexity index is 1420. The molecule has 2 amide bonds. The van der Waals surface area contributed by atoms with Crippen LogP contribution in [0.1, 0.15) is 36.1 Å². The number of rotatable bonds is 8. The summed E-state index contributed by atoms with van der Waals surface area (Å²) in [5.41, 5.74) is 3.48. The van der Waals surface area contributed by atoms with Gasteiger partial charge in [-0.2, -0.15) is 0 Å². The van der Waals surface area contributed by atoms with Crippen LogP contribution in [-0.4, -0.2) is 50.9 Å². The van der Waals surface area contributed by atoms with Gasteiger partial charge in [-0.25, -0.2) is 0 Å². The van der Waals surface area contributed by atoms with Gasteiger partial charge in [-0.05, 0) is 36.1 Å². The predicted molar refractivity (Wildman–Crippen MR) is 165 cm³/mol. The molecule has 0 spiro atoms. The lowest BCUT2D eigenvalue weighted by molar-refractivity contribution is -0.157. The molecule has 1 unspecified atom stereocenters. The molecule has 0 aromatic heterocycles. The number of carbonyl (C=O) groups is 2. The van der Waals surface area contributed by atoms with Crippen LogP contribution in [0, 0.1) is 0 Å². The van der Waals surface area contributed by atoms with Crippen molar-refractivity contribution in [2.75, 3.05) is 7.05 Å². The summed E-state index contributed by atoms with van der Waals surface area (Å²) in [4.78, 5) is 31.5. The van der Waals surface area contributed by atoms with Crippen LogP contribution in [0.5, 0.6) is 0 Å². The molecule has 41 heavy (non-hydrogen) atoms. The maximum atomic E-state index is 14.1. The van der Waals surface area contributed by atoms with Gasteiger partial charge in [0.2, 0.25) is 11.8 Å². The highest BCUT2D eigenvalue weighted by Gasteiger charge is 2.65. The molecule has 0 radical (unpaired) electrons. The average molecular weight is 562 g/mol. The fourth-order valence-corrected chi connectivity index (χ4v) is 7.96. The summed E-state index contributed by atoms with van der Waals surface area (Å²) in [5, 5.41) is 3.71. The zero-order chi connectivity index (χ0) is 28.6. The van der Waals surface area contributed by atoms with Crippen molar-refractivity contribution in [3.63, 3.8) is 0 Å². The summed E-state index contributed by atoms with van der Waals surface area (Å²) in [6.45, 7) is 4.67. The average Bonchev–Trinajstić information content (AvgIpc) is 3.26. The van der Waals surface area contributed by atoms with Crippen LogP contribution < -0.4 is 5.32 Å². The van der Waals surface area contributed by atoms with E-state index in [1.807, 2.05) is 96.9 Å². The summed E-state index contributed by atoms with van der Waals surface area (Å²) >= 11 is 1.71. The number of nitrogens with one attached hydrogen (secondary N) is 1. The van der Waals surface area contributed by atoms with Gasteiger partial charge < -0.3 is 9.80 Å². The van der Waals surface area contributed by atoms with Crippen molar-refractivity contribution in [2.45, 2.75) is 48.1 Å². The number of amides is 2. The van der Waals surface area contributed by atoms with Gasteiger partial charge in [-0.15, -0.1) is 11.8 Å². The predicted octanol–water partition coefficient (Wildman–Crippen LogP) is 5.66. The summed E-state index contributed by atoms with van der Waals surface area (Å²) < 4.78 is -0.437. The van der Waals surface area contributed by atoms with Crippen LogP contribution in [0.4, 0.5) is 0 Å². The fourth-order valence-electron chi connectivity index (χ4n) is 6.34. The standard InChI is InChI=1S/C35H35N3O2S/c1-34(2)30(32(40)37(3)24-25-16-8-4-9-17-25)38-31(39)29(33(38)41-34)36-35(26-18-10-5-11-19-26,27-20-12-6-13-21-27)28-22-14-7-15-23-28/h4-23,29-30,33,36H,24H2,1-3H3/t29-,30?,33+/m1/s1. The Balaban J connectivity index is 1.35. The Kier molecular flexibility index (Phi) is 7.22. The molecule has 5 nitrogen and oxygen atoms in total. The Morgan fingerprint density at radius 2 is 1.24 bits per heavy atom. The van der Waals surface area contributed by atoms with Crippen LogP contribution in [-0.2, 0) is 21.7 Å². The molecule has 3 atom stereocenters. The Morgan fingerprint density at radius 3 is 1.71 bits per heavy atom. The fraction of sp³-hybridized carbons (Fsp3) is 0.257. The number of benzene rings is 4. The molecule has 0 bridgehead atoms. The first-order valence-corrected chi connectivity index (χ1v) is 14.9. The molecule has 2 aliphatic rings. The molecule has 208 valence electrons. The molecule has 0 aliphatic carbocycles. The van der Waals surface area contributed by atoms with E-state index in [0.717, 1.165) is 22.3 Å². The second-order valence-electron chi connectivity index (χ2n) is 11.4. The van der Waals surface area contributed by atoms with Crippen molar-refractivity contribution >= 4 is 23.6 Å². The molecule has 2 saturated heterocycles. The normalized spacial score (nSPS) is 21.2. The third-order valence-corrected chi connectivity index (χ3v) is 9.88. The molecule has 2 aliphatic heterocycles. The van der Waals surface area contributed by atoms with Gasteiger partial charge in [-0.3, -0.25) is 14.9 Å². The van der Waals surface area contributed by atoms with E-state index in [-0.39, 0.29) is 17.2 Å². The van der Waals surface area contributed by atoms with Crippen LogP contribution in [0.2, 0.25) is 0 Å². The van der Waals surface area contributed by atoms with Crippen molar-refractivity contribution in [1.82, 2.24) is 15.1 Å². The largest absolute Gasteiger partial charge is 0.340 e. The van der Waals surface area contributed by atoms with E-state index in [0.29, 0.717) is 6.54 Å². The quantitative estimate of drug-likeness (QED) is 0.223. The Hall–Kier alpha value is -3.87. The minimum absolute atomic E-state index is 0.0268. The van der Waals surface area contributed by atoms with E-state index in [9.17, 15) is 9.59 Å². The number of β-lactam (4-membered cyclic amide) rings is 1. The second-order valence-corrected chi connectivity index (χ2v) is 13.2. The molecule has 1 N–H and O–H groups in total. The third-order valence-electron chi connectivity index (χ3n) is 8.31. The molecule has 4 aromatic carbocycles. The number of carbonyl (C=O) groups excluding carboxylic acids is 2. The van der Waals surface area contributed by atoms with Crippen molar-refractivity contribution in [2.24, 2.45) is 0 Å². The second kappa shape index (κ2) is 10.8.